The van der Waals surface area contributed by atoms with Gasteiger partial charge in [-0.2, -0.15) is 0 Å². The fourth-order valence-electron chi connectivity index (χ4n) is 2.48. The molecule has 0 aliphatic carbocycles. The second-order valence-electron chi connectivity index (χ2n) is 6.16. The molecule has 114 valence electrons. The maximum Gasteiger partial charge on any atom is -0.00489 e. The Morgan fingerprint density at radius 3 is 2.15 bits per heavy atom. The van der Waals surface area contributed by atoms with Gasteiger partial charge in [0.25, 0.3) is 0 Å². The highest BCUT2D eigenvalue weighted by Crippen LogP contribution is 2.16. The minimum absolute atomic E-state index is 0.644. The number of nitrogens with one attached hydrogen (secondary N) is 1. The number of unbranched alkanes of at least 4 members (excludes halogenated alkanes) is 4. The van der Waals surface area contributed by atoms with Crippen LogP contribution in [0.5, 0.6) is 0 Å². The van der Waals surface area contributed by atoms with Crippen LogP contribution in [0.25, 0.3) is 0 Å². The summed E-state index contributed by atoms with van der Waals surface area (Å²) in [5, 5.41) is 3.47. The molecule has 0 fully saturated rings. The molecule has 0 unspecified atom stereocenters. The third-order valence-corrected chi connectivity index (χ3v) is 3.89. The Kier molecular flexibility index (Phi) is 9.40. The first kappa shape index (κ1) is 17.2. The fraction of sp³-hybridized carbons (Fsp3) is 0.684. The Morgan fingerprint density at radius 2 is 1.50 bits per heavy atom. The van der Waals surface area contributed by atoms with Gasteiger partial charge in [-0.3, -0.25) is 0 Å². The second kappa shape index (κ2) is 10.9. The van der Waals surface area contributed by atoms with Crippen LogP contribution in [-0.2, 0) is 6.42 Å². The van der Waals surface area contributed by atoms with E-state index in [1.54, 1.807) is 0 Å². The van der Waals surface area contributed by atoms with Crippen LogP contribution in [0.4, 0.5) is 0 Å². The molecule has 0 spiro atoms. The third-order valence-electron chi connectivity index (χ3n) is 3.89. The van der Waals surface area contributed by atoms with Crippen molar-refractivity contribution in [3.05, 3.63) is 35.4 Å². The van der Waals surface area contributed by atoms with Gasteiger partial charge in [0.1, 0.15) is 0 Å². The van der Waals surface area contributed by atoms with E-state index in [9.17, 15) is 0 Å². The normalized spacial score (nSPS) is 11.2. The minimum atomic E-state index is 0.644. The molecule has 1 aromatic rings. The molecule has 0 aliphatic heterocycles. The summed E-state index contributed by atoms with van der Waals surface area (Å²) in [7, 11) is 0. The maximum absolute atomic E-state index is 3.47. The third kappa shape index (κ3) is 7.69. The summed E-state index contributed by atoms with van der Waals surface area (Å²) in [5.41, 5.74) is 2.95. The minimum Gasteiger partial charge on any atom is -0.317 e. The molecule has 0 amide bonds. The molecule has 1 nitrogen and oxygen atoms in total. The lowest BCUT2D eigenvalue weighted by Gasteiger charge is -2.07. The average molecular weight is 275 g/mol. The fourth-order valence-corrected chi connectivity index (χ4v) is 2.48. The Morgan fingerprint density at radius 1 is 0.850 bits per heavy atom. The van der Waals surface area contributed by atoms with E-state index in [0.29, 0.717) is 5.92 Å². The molecule has 1 heteroatoms. The topological polar surface area (TPSA) is 12.0 Å². The molecule has 20 heavy (non-hydrogen) atoms. The summed E-state index contributed by atoms with van der Waals surface area (Å²) < 4.78 is 0. The van der Waals surface area contributed by atoms with Crippen molar-refractivity contribution in [3.8, 4) is 0 Å². The monoisotopic (exact) mass is 275 g/mol. The van der Waals surface area contributed by atoms with Crippen molar-refractivity contribution in [1.82, 2.24) is 5.32 Å². The molecule has 0 radical (unpaired) electrons. The van der Waals surface area contributed by atoms with Crippen molar-refractivity contribution in [2.24, 2.45) is 0 Å². The van der Waals surface area contributed by atoms with Crippen LogP contribution in [0, 0.1) is 0 Å². The van der Waals surface area contributed by atoms with Gasteiger partial charge in [-0.25, -0.2) is 0 Å². The highest BCUT2D eigenvalue weighted by Gasteiger charge is 1.99. The Labute approximate surface area is 126 Å². The van der Waals surface area contributed by atoms with E-state index in [4.69, 9.17) is 0 Å². The Balaban J connectivity index is 2.01. The van der Waals surface area contributed by atoms with Crippen LogP contribution < -0.4 is 5.32 Å². The van der Waals surface area contributed by atoms with Crippen LogP contribution in [0.2, 0.25) is 0 Å². The van der Waals surface area contributed by atoms with E-state index in [1.807, 2.05) is 0 Å². The van der Waals surface area contributed by atoms with Crippen LogP contribution >= 0.6 is 0 Å². The SMILES string of the molecule is CCCNCCCCCCCc1ccc(C(C)C)cc1. The lowest BCUT2D eigenvalue weighted by Crippen LogP contribution is -2.15. The predicted molar refractivity (Wildman–Crippen MR) is 90.5 cm³/mol. The maximum atomic E-state index is 3.47. The standard InChI is InChI=1S/C19H33N/c1-4-15-20-16-9-7-5-6-8-10-18-11-13-19(14-12-18)17(2)3/h11-14,17,20H,4-10,15-16H2,1-3H3. The van der Waals surface area contributed by atoms with E-state index >= 15 is 0 Å². The Bertz CT molecular complexity index is 326. The predicted octanol–water partition coefficient (Wildman–Crippen LogP) is 5.30. The molecule has 0 atom stereocenters. The smallest absolute Gasteiger partial charge is 0.00489 e. The summed E-state index contributed by atoms with van der Waals surface area (Å²) in [4.78, 5) is 0. The number of benzene rings is 1. The van der Waals surface area contributed by atoms with Crippen molar-refractivity contribution < 1.29 is 0 Å². The number of hydrogen-bond donors (Lipinski definition) is 1. The second-order valence-corrected chi connectivity index (χ2v) is 6.16. The molecule has 0 saturated heterocycles. The summed E-state index contributed by atoms with van der Waals surface area (Å²) in [6, 6.07) is 9.20. The molecule has 0 bridgehead atoms. The van der Waals surface area contributed by atoms with Crippen molar-refractivity contribution >= 4 is 0 Å². The van der Waals surface area contributed by atoms with Crippen molar-refractivity contribution in [2.75, 3.05) is 13.1 Å². The summed E-state index contributed by atoms with van der Waals surface area (Å²) in [5.74, 6) is 0.644. The lowest BCUT2D eigenvalue weighted by molar-refractivity contribution is 0.573. The number of hydrogen-bond acceptors (Lipinski definition) is 1. The molecule has 0 heterocycles. The zero-order chi connectivity index (χ0) is 14.6. The molecular weight excluding hydrogens is 242 g/mol. The summed E-state index contributed by atoms with van der Waals surface area (Å²) in [6.07, 6.45) is 9.30. The zero-order valence-electron chi connectivity index (χ0n) is 13.8. The van der Waals surface area contributed by atoms with Gasteiger partial charge in [0.05, 0.1) is 0 Å². The first-order valence-electron chi connectivity index (χ1n) is 8.53. The highest BCUT2D eigenvalue weighted by molar-refractivity contribution is 5.24. The first-order valence-corrected chi connectivity index (χ1v) is 8.53. The van der Waals surface area contributed by atoms with Crippen LogP contribution in [0.1, 0.15) is 76.3 Å². The number of rotatable bonds is 11. The molecule has 0 saturated carbocycles. The molecule has 1 N–H and O–H groups in total. The van der Waals surface area contributed by atoms with Gasteiger partial charge < -0.3 is 5.32 Å². The van der Waals surface area contributed by atoms with Crippen molar-refractivity contribution in [2.45, 2.75) is 71.6 Å². The van der Waals surface area contributed by atoms with Gasteiger partial charge in [-0.1, -0.05) is 64.3 Å². The van der Waals surface area contributed by atoms with Gasteiger partial charge in [0.15, 0.2) is 0 Å². The molecule has 1 rings (SSSR count). The molecule has 0 aromatic heterocycles. The molecule has 0 aliphatic rings. The quantitative estimate of drug-likeness (QED) is 0.540. The van der Waals surface area contributed by atoms with Gasteiger partial charge >= 0.3 is 0 Å². The summed E-state index contributed by atoms with van der Waals surface area (Å²) in [6.45, 7) is 9.10. The van der Waals surface area contributed by atoms with Crippen LogP contribution in [-0.4, -0.2) is 13.1 Å². The first-order chi connectivity index (χ1) is 9.74. The van der Waals surface area contributed by atoms with E-state index in [-0.39, 0.29) is 0 Å². The van der Waals surface area contributed by atoms with Gasteiger partial charge in [0.2, 0.25) is 0 Å². The Hall–Kier alpha value is -0.820. The van der Waals surface area contributed by atoms with Crippen LogP contribution in [0.15, 0.2) is 24.3 Å². The van der Waals surface area contributed by atoms with Crippen molar-refractivity contribution in [3.63, 3.8) is 0 Å². The molecular formula is C19H33N. The number of aryl methyl sites for hydroxylation is 1. The van der Waals surface area contributed by atoms with E-state index in [1.165, 1.54) is 69.2 Å². The lowest BCUT2D eigenvalue weighted by atomic mass is 9.99. The van der Waals surface area contributed by atoms with Crippen molar-refractivity contribution in [1.29, 1.82) is 0 Å². The van der Waals surface area contributed by atoms with Gasteiger partial charge in [-0.15, -0.1) is 0 Å². The largest absolute Gasteiger partial charge is 0.317 e. The van der Waals surface area contributed by atoms with Crippen LogP contribution in [0.3, 0.4) is 0 Å². The van der Waals surface area contributed by atoms with E-state index in [0.717, 1.165) is 0 Å². The molecule has 1 aromatic carbocycles. The van der Waals surface area contributed by atoms with E-state index in [2.05, 4.69) is 50.4 Å². The van der Waals surface area contributed by atoms with Gasteiger partial charge in [0, 0.05) is 0 Å². The van der Waals surface area contributed by atoms with E-state index < -0.39 is 0 Å². The highest BCUT2D eigenvalue weighted by atomic mass is 14.8. The van der Waals surface area contributed by atoms with Gasteiger partial charge in [-0.05, 0) is 55.8 Å². The average Bonchev–Trinajstić information content (AvgIpc) is 2.46. The zero-order valence-corrected chi connectivity index (χ0v) is 13.8. The summed E-state index contributed by atoms with van der Waals surface area (Å²) >= 11 is 0.